The Bertz CT molecular complexity index is 628. The molecule has 2 aromatic carbocycles. The highest BCUT2D eigenvalue weighted by atomic mass is 35.5. The summed E-state index contributed by atoms with van der Waals surface area (Å²) in [6, 6.07) is 13.8. The van der Waals surface area contributed by atoms with E-state index in [1.807, 2.05) is 36.4 Å². The van der Waals surface area contributed by atoms with Crippen molar-refractivity contribution in [3.8, 4) is 0 Å². The topological polar surface area (TPSA) is 24.1 Å². The molecule has 20 heavy (non-hydrogen) atoms. The number of hydrogen-bond acceptors (Lipinski definition) is 2. The van der Waals surface area contributed by atoms with Crippen LogP contribution in [0.1, 0.15) is 24.8 Å². The summed E-state index contributed by atoms with van der Waals surface area (Å²) < 4.78 is 0. The molecule has 0 spiro atoms. The van der Waals surface area contributed by atoms with Crippen molar-refractivity contribution in [3.05, 3.63) is 58.1 Å². The Morgan fingerprint density at radius 3 is 2.60 bits per heavy atom. The van der Waals surface area contributed by atoms with Crippen molar-refractivity contribution in [1.82, 2.24) is 0 Å². The molecule has 0 saturated carbocycles. The minimum Gasteiger partial charge on any atom is -0.364 e. The van der Waals surface area contributed by atoms with Crippen LogP contribution in [0.5, 0.6) is 0 Å². The van der Waals surface area contributed by atoms with Crippen LogP contribution in [0, 0.1) is 0 Å². The SMILES string of the molecule is CC1CC(Nc2ccccc2Cl)Nc2c(Cl)cccc21. The minimum absolute atomic E-state index is 0.122. The fourth-order valence-electron chi connectivity index (χ4n) is 2.68. The highest BCUT2D eigenvalue weighted by Gasteiger charge is 2.25. The normalized spacial score (nSPS) is 20.9. The van der Waals surface area contributed by atoms with E-state index in [2.05, 4.69) is 23.6 Å². The largest absolute Gasteiger partial charge is 0.364 e. The van der Waals surface area contributed by atoms with E-state index in [0.717, 1.165) is 27.8 Å². The average molecular weight is 307 g/mol. The second kappa shape index (κ2) is 5.55. The van der Waals surface area contributed by atoms with Gasteiger partial charge in [0.1, 0.15) is 0 Å². The maximum absolute atomic E-state index is 6.29. The molecule has 1 aliphatic rings. The molecule has 0 aliphatic carbocycles. The van der Waals surface area contributed by atoms with E-state index in [4.69, 9.17) is 23.2 Å². The van der Waals surface area contributed by atoms with Gasteiger partial charge in [-0.3, -0.25) is 0 Å². The second-order valence-corrected chi connectivity index (χ2v) is 5.98. The highest BCUT2D eigenvalue weighted by Crippen LogP contribution is 2.38. The Labute approximate surface area is 129 Å². The third kappa shape index (κ3) is 2.58. The summed E-state index contributed by atoms with van der Waals surface area (Å²) in [5.41, 5.74) is 3.24. The third-order valence-corrected chi connectivity index (χ3v) is 4.33. The minimum atomic E-state index is 0.122. The molecule has 2 nitrogen and oxygen atoms in total. The molecule has 0 saturated heterocycles. The lowest BCUT2D eigenvalue weighted by molar-refractivity contribution is 0.598. The molecule has 2 unspecified atom stereocenters. The predicted molar refractivity (Wildman–Crippen MR) is 87.0 cm³/mol. The van der Waals surface area contributed by atoms with Gasteiger partial charge in [-0.05, 0) is 36.1 Å². The molecule has 0 radical (unpaired) electrons. The van der Waals surface area contributed by atoms with E-state index < -0.39 is 0 Å². The van der Waals surface area contributed by atoms with E-state index in [9.17, 15) is 0 Å². The molecular formula is C16H16Cl2N2. The van der Waals surface area contributed by atoms with Gasteiger partial charge < -0.3 is 10.6 Å². The fraction of sp³-hybridized carbons (Fsp3) is 0.250. The smallest absolute Gasteiger partial charge is 0.0970 e. The van der Waals surface area contributed by atoms with Crippen molar-refractivity contribution in [1.29, 1.82) is 0 Å². The standard InChI is InChI=1S/C16H16Cl2N2/c1-10-9-15(19-14-8-3-2-6-12(14)17)20-16-11(10)5-4-7-13(16)18/h2-8,10,15,19-20H,9H2,1H3. The van der Waals surface area contributed by atoms with Gasteiger partial charge in [-0.2, -0.15) is 0 Å². The number of hydrogen-bond donors (Lipinski definition) is 2. The lowest BCUT2D eigenvalue weighted by Gasteiger charge is -2.33. The van der Waals surface area contributed by atoms with Gasteiger partial charge in [-0.1, -0.05) is 54.4 Å². The van der Waals surface area contributed by atoms with Gasteiger partial charge in [0.2, 0.25) is 0 Å². The van der Waals surface area contributed by atoms with E-state index in [1.54, 1.807) is 0 Å². The molecule has 1 heterocycles. The Balaban J connectivity index is 1.85. The first kappa shape index (κ1) is 13.6. The Kier molecular flexibility index (Phi) is 3.77. The lowest BCUT2D eigenvalue weighted by Crippen LogP contribution is -2.34. The number of benzene rings is 2. The van der Waals surface area contributed by atoms with Crippen LogP contribution < -0.4 is 10.6 Å². The fourth-order valence-corrected chi connectivity index (χ4v) is 3.11. The number of fused-ring (bicyclic) bond motifs is 1. The van der Waals surface area contributed by atoms with E-state index in [1.165, 1.54) is 5.56 Å². The average Bonchev–Trinajstić information content (AvgIpc) is 2.43. The van der Waals surface area contributed by atoms with Gasteiger partial charge in [0.15, 0.2) is 0 Å². The van der Waals surface area contributed by atoms with Gasteiger partial charge in [-0.25, -0.2) is 0 Å². The van der Waals surface area contributed by atoms with Crippen molar-refractivity contribution in [2.75, 3.05) is 10.6 Å². The van der Waals surface area contributed by atoms with Gasteiger partial charge in [0.25, 0.3) is 0 Å². The summed E-state index contributed by atoms with van der Waals surface area (Å²) in [5.74, 6) is 0.449. The molecule has 0 fully saturated rings. The molecule has 2 N–H and O–H groups in total. The Morgan fingerprint density at radius 2 is 1.80 bits per heavy atom. The van der Waals surface area contributed by atoms with Crippen molar-refractivity contribution in [2.24, 2.45) is 0 Å². The van der Waals surface area contributed by atoms with Gasteiger partial charge >= 0.3 is 0 Å². The number of nitrogens with one attached hydrogen (secondary N) is 2. The van der Waals surface area contributed by atoms with Crippen LogP contribution in [0.15, 0.2) is 42.5 Å². The van der Waals surface area contributed by atoms with E-state index >= 15 is 0 Å². The molecule has 3 rings (SSSR count). The molecule has 2 atom stereocenters. The van der Waals surface area contributed by atoms with Crippen LogP contribution in [-0.4, -0.2) is 6.17 Å². The van der Waals surface area contributed by atoms with Crippen LogP contribution in [-0.2, 0) is 0 Å². The Hall–Kier alpha value is -1.38. The van der Waals surface area contributed by atoms with Crippen LogP contribution in [0.3, 0.4) is 0 Å². The zero-order chi connectivity index (χ0) is 14.1. The van der Waals surface area contributed by atoms with Crippen molar-refractivity contribution >= 4 is 34.6 Å². The number of halogens is 2. The van der Waals surface area contributed by atoms with Crippen molar-refractivity contribution < 1.29 is 0 Å². The molecule has 0 amide bonds. The first-order valence-corrected chi connectivity index (χ1v) is 7.47. The molecule has 104 valence electrons. The maximum Gasteiger partial charge on any atom is 0.0970 e. The van der Waals surface area contributed by atoms with Crippen molar-refractivity contribution in [2.45, 2.75) is 25.4 Å². The van der Waals surface area contributed by atoms with E-state index in [0.29, 0.717) is 5.92 Å². The summed E-state index contributed by atoms with van der Waals surface area (Å²) in [5, 5.41) is 8.41. The second-order valence-electron chi connectivity index (χ2n) is 5.16. The summed E-state index contributed by atoms with van der Waals surface area (Å²) >= 11 is 12.5. The lowest BCUT2D eigenvalue weighted by atomic mass is 9.91. The number of para-hydroxylation sites is 2. The third-order valence-electron chi connectivity index (χ3n) is 3.69. The van der Waals surface area contributed by atoms with E-state index in [-0.39, 0.29) is 6.17 Å². The maximum atomic E-state index is 6.29. The summed E-state index contributed by atoms with van der Waals surface area (Å²) in [6.45, 7) is 2.22. The molecular weight excluding hydrogens is 291 g/mol. The van der Waals surface area contributed by atoms with Gasteiger partial charge in [0.05, 0.1) is 27.6 Å². The first-order valence-electron chi connectivity index (χ1n) is 6.71. The molecule has 1 aliphatic heterocycles. The highest BCUT2D eigenvalue weighted by molar-refractivity contribution is 6.33. The monoisotopic (exact) mass is 306 g/mol. The first-order chi connectivity index (χ1) is 9.65. The summed E-state index contributed by atoms with van der Waals surface area (Å²) in [6.07, 6.45) is 1.11. The summed E-state index contributed by atoms with van der Waals surface area (Å²) in [4.78, 5) is 0. The Morgan fingerprint density at radius 1 is 1.05 bits per heavy atom. The van der Waals surface area contributed by atoms with Gasteiger partial charge in [-0.15, -0.1) is 0 Å². The molecule has 0 bridgehead atoms. The molecule has 0 aromatic heterocycles. The number of anilines is 2. The van der Waals surface area contributed by atoms with Crippen LogP contribution >= 0.6 is 23.2 Å². The quantitative estimate of drug-likeness (QED) is 0.781. The predicted octanol–water partition coefficient (Wildman–Crippen LogP) is 5.35. The number of rotatable bonds is 2. The van der Waals surface area contributed by atoms with Crippen LogP contribution in [0.25, 0.3) is 0 Å². The summed E-state index contributed by atoms with van der Waals surface area (Å²) in [7, 11) is 0. The van der Waals surface area contributed by atoms with Crippen LogP contribution in [0.4, 0.5) is 11.4 Å². The van der Waals surface area contributed by atoms with Crippen molar-refractivity contribution in [3.63, 3.8) is 0 Å². The zero-order valence-corrected chi connectivity index (χ0v) is 12.7. The zero-order valence-electron chi connectivity index (χ0n) is 11.2. The molecule has 2 aromatic rings. The molecule has 4 heteroatoms. The van der Waals surface area contributed by atoms with Gasteiger partial charge in [0, 0.05) is 0 Å². The van der Waals surface area contributed by atoms with Crippen LogP contribution in [0.2, 0.25) is 10.0 Å².